The van der Waals surface area contributed by atoms with Crippen molar-refractivity contribution >= 4 is 11.3 Å². The normalized spacial score (nSPS) is 12.6. The third kappa shape index (κ3) is 4.03. The van der Waals surface area contributed by atoms with Crippen LogP contribution in [0.25, 0.3) is 0 Å². The molecule has 1 atom stereocenters. The van der Waals surface area contributed by atoms with Gasteiger partial charge in [-0.15, -0.1) is 17.9 Å². The Kier molecular flexibility index (Phi) is 5.49. The van der Waals surface area contributed by atoms with Gasteiger partial charge in [0.15, 0.2) is 0 Å². The summed E-state index contributed by atoms with van der Waals surface area (Å²) in [6.45, 7) is 3.70. The Labute approximate surface area is 89.9 Å². The molecule has 0 bridgehead atoms. The van der Waals surface area contributed by atoms with E-state index < -0.39 is 0 Å². The zero-order chi connectivity index (χ0) is 10.2. The molecule has 1 unspecified atom stereocenters. The van der Waals surface area contributed by atoms with E-state index in [1.165, 1.54) is 24.1 Å². The molecule has 0 aliphatic carbocycles. The summed E-state index contributed by atoms with van der Waals surface area (Å²) in [5.74, 6) is 0. The lowest BCUT2D eigenvalue weighted by Crippen LogP contribution is -2.08. The minimum Gasteiger partial charge on any atom is -0.323 e. The van der Waals surface area contributed by atoms with Crippen LogP contribution in [0.1, 0.15) is 43.0 Å². The minimum absolute atomic E-state index is 0.186. The lowest BCUT2D eigenvalue weighted by atomic mass is 10.1. The Hall–Kier alpha value is -0.670. The Morgan fingerprint density at radius 3 is 3.00 bits per heavy atom. The van der Waals surface area contributed by atoms with E-state index in [0.29, 0.717) is 0 Å². The molecule has 0 spiro atoms. The summed E-state index contributed by atoms with van der Waals surface area (Å²) in [6.07, 6.45) is 9.72. The summed E-state index contributed by atoms with van der Waals surface area (Å²) in [5.41, 5.74) is 7.84. The third-order valence-corrected chi connectivity index (χ3v) is 3.15. The highest BCUT2D eigenvalue weighted by Gasteiger charge is 2.06. The van der Waals surface area contributed by atoms with Crippen molar-refractivity contribution in [2.24, 2.45) is 5.73 Å². The van der Waals surface area contributed by atoms with Crippen molar-refractivity contribution in [3.05, 3.63) is 29.2 Å². The summed E-state index contributed by atoms with van der Waals surface area (Å²) in [4.78, 5) is 5.23. The Balaban J connectivity index is 2.10. The average Bonchev–Trinajstić information content (AvgIpc) is 2.70. The first-order chi connectivity index (χ1) is 6.84. The quantitative estimate of drug-likeness (QED) is 0.554. The van der Waals surface area contributed by atoms with Crippen molar-refractivity contribution in [2.45, 2.75) is 38.1 Å². The maximum absolute atomic E-state index is 6.00. The van der Waals surface area contributed by atoms with Crippen LogP contribution in [0.2, 0.25) is 0 Å². The van der Waals surface area contributed by atoms with Gasteiger partial charge < -0.3 is 5.73 Å². The van der Waals surface area contributed by atoms with Crippen LogP contribution >= 0.6 is 11.3 Å². The van der Waals surface area contributed by atoms with Crippen LogP contribution in [0.5, 0.6) is 0 Å². The van der Waals surface area contributed by atoms with E-state index in [0.717, 1.165) is 12.8 Å². The molecule has 2 N–H and O–H groups in total. The number of unbranched alkanes of at least 4 members (excludes halogenated alkanes) is 3. The van der Waals surface area contributed by atoms with Gasteiger partial charge in [-0.05, 0) is 19.3 Å². The number of aromatic nitrogens is 1. The van der Waals surface area contributed by atoms with Gasteiger partial charge in [0.1, 0.15) is 0 Å². The zero-order valence-corrected chi connectivity index (χ0v) is 9.30. The van der Waals surface area contributed by atoms with Crippen molar-refractivity contribution in [1.82, 2.24) is 4.98 Å². The molecule has 0 saturated heterocycles. The molecule has 1 aromatic heterocycles. The van der Waals surface area contributed by atoms with E-state index in [1.807, 2.05) is 17.8 Å². The molecule has 0 fully saturated rings. The van der Waals surface area contributed by atoms with E-state index in [1.54, 1.807) is 11.3 Å². The molecule has 1 heterocycles. The lowest BCUT2D eigenvalue weighted by molar-refractivity contribution is 0.577. The van der Waals surface area contributed by atoms with E-state index in [2.05, 4.69) is 11.6 Å². The smallest absolute Gasteiger partial charge is 0.0794 e. The summed E-state index contributed by atoms with van der Waals surface area (Å²) in [5, 5.41) is 0. The van der Waals surface area contributed by atoms with Crippen molar-refractivity contribution < 1.29 is 0 Å². The summed E-state index contributed by atoms with van der Waals surface area (Å²) >= 11 is 1.65. The van der Waals surface area contributed by atoms with E-state index in [9.17, 15) is 0 Å². The predicted molar refractivity (Wildman–Crippen MR) is 62.3 cm³/mol. The van der Waals surface area contributed by atoms with Gasteiger partial charge in [0.05, 0.1) is 5.51 Å². The van der Waals surface area contributed by atoms with Gasteiger partial charge in [0, 0.05) is 17.1 Å². The molecule has 1 rings (SSSR count). The minimum atomic E-state index is 0.186. The fourth-order valence-corrected chi connectivity index (χ4v) is 2.04. The van der Waals surface area contributed by atoms with E-state index in [-0.39, 0.29) is 6.04 Å². The van der Waals surface area contributed by atoms with E-state index in [4.69, 9.17) is 5.73 Å². The largest absolute Gasteiger partial charge is 0.323 e. The summed E-state index contributed by atoms with van der Waals surface area (Å²) in [6, 6.07) is 0.186. The summed E-state index contributed by atoms with van der Waals surface area (Å²) < 4.78 is 0. The number of rotatable bonds is 7. The van der Waals surface area contributed by atoms with Crippen LogP contribution in [0.3, 0.4) is 0 Å². The van der Waals surface area contributed by atoms with E-state index >= 15 is 0 Å². The molecule has 0 aromatic carbocycles. The molecule has 1 aromatic rings. The van der Waals surface area contributed by atoms with Crippen LogP contribution < -0.4 is 5.73 Å². The average molecular weight is 210 g/mol. The van der Waals surface area contributed by atoms with Crippen LogP contribution in [-0.2, 0) is 0 Å². The highest BCUT2D eigenvalue weighted by atomic mass is 32.1. The van der Waals surface area contributed by atoms with Gasteiger partial charge in [-0.3, -0.25) is 4.98 Å². The van der Waals surface area contributed by atoms with Crippen molar-refractivity contribution in [2.75, 3.05) is 0 Å². The summed E-state index contributed by atoms with van der Waals surface area (Å²) in [7, 11) is 0. The fraction of sp³-hybridized carbons (Fsp3) is 0.545. The number of nitrogens with zero attached hydrogens (tertiary/aromatic N) is 1. The molecule has 0 radical (unpaired) electrons. The van der Waals surface area contributed by atoms with Crippen LogP contribution in [-0.4, -0.2) is 4.98 Å². The molecule has 0 aliphatic heterocycles. The first-order valence-electron chi connectivity index (χ1n) is 5.09. The molecule has 3 heteroatoms. The van der Waals surface area contributed by atoms with Gasteiger partial charge in [-0.2, -0.15) is 0 Å². The molecule has 2 nitrogen and oxygen atoms in total. The first-order valence-corrected chi connectivity index (χ1v) is 5.97. The highest BCUT2D eigenvalue weighted by Crippen LogP contribution is 2.20. The fourth-order valence-electron chi connectivity index (χ4n) is 1.38. The number of hydrogen-bond donors (Lipinski definition) is 1. The number of thiazole rings is 1. The number of hydrogen-bond acceptors (Lipinski definition) is 3. The topological polar surface area (TPSA) is 38.9 Å². The van der Waals surface area contributed by atoms with Crippen LogP contribution in [0.4, 0.5) is 0 Å². The maximum atomic E-state index is 6.00. The lowest BCUT2D eigenvalue weighted by Gasteiger charge is -2.07. The van der Waals surface area contributed by atoms with Crippen LogP contribution in [0.15, 0.2) is 24.4 Å². The standard InChI is InChI=1S/C11H18N2S/c1-2-3-4-5-6-7-10(12)11-8-13-9-14-11/h2,8-10H,1,3-7,12H2. The van der Waals surface area contributed by atoms with Gasteiger partial charge in [-0.25, -0.2) is 0 Å². The molecule has 78 valence electrons. The van der Waals surface area contributed by atoms with Crippen molar-refractivity contribution in [1.29, 1.82) is 0 Å². The molecular weight excluding hydrogens is 192 g/mol. The van der Waals surface area contributed by atoms with Gasteiger partial charge in [0.2, 0.25) is 0 Å². The highest BCUT2D eigenvalue weighted by molar-refractivity contribution is 7.09. The van der Waals surface area contributed by atoms with Crippen molar-refractivity contribution in [3.63, 3.8) is 0 Å². The monoisotopic (exact) mass is 210 g/mol. The molecular formula is C11H18N2S. The van der Waals surface area contributed by atoms with Crippen LogP contribution in [0, 0.1) is 0 Å². The number of allylic oxidation sites excluding steroid dienone is 1. The second-order valence-corrected chi connectivity index (χ2v) is 4.35. The van der Waals surface area contributed by atoms with Gasteiger partial charge in [0.25, 0.3) is 0 Å². The third-order valence-electron chi connectivity index (χ3n) is 2.24. The second kappa shape index (κ2) is 6.74. The van der Waals surface area contributed by atoms with Gasteiger partial charge in [-0.1, -0.05) is 18.9 Å². The predicted octanol–water partition coefficient (Wildman–Crippen LogP) is 3.28. The first kappa shape index (κ1) is 11.4. The molecule has 0 saturated carbocycles. The maximum Gasteiger partial charge on any atom is 0.0794 e. The zero-order valence-electron chi connectivity index (χ0n) is 8.48. The van der Waals surface area contributed by atoms with Crippen molar-refractivity contribution in [3.8, 4) is 0 Å². The number of nitrogens with two attached hydrogens (primary N) is 1. The van der Waals surface area contributed by atoms with Gasteiger partial charge >= 0.3 is 0 Å². The molecule has 14 heavy (non-hydrogen) atoms. The molecule has 0 aliphatic rings. The second-order valence-electron chi connectivity index (χ2n) is 3.44. The Morgan fingerprint density at radius 1 is 1.50 bits per heavy atom. The Bertz CT molecular complexity index is 244. The Morgan fingerprint density at radius 2 is 2.36 bits per heavy atom. The molecule has 0 amide bonds. The SMILES string of the molecule is C=CCCCCCC(N)c1cncs1.